The molecule has 6 nitrogen and oxygen atoms in total. The van der Waals surface area contributed by atoms with Crippen LogP contribution in [-0.2, 0) is 11.3 Å². The van der Waals surface area contributed by atoms with E-state index in [0.717, 1.165) is 29.7 Å². The lowest BCUT2D eigenvalue weighted by Gasteiger charge is -2.26. The molecule has 0 bridgehead atoms. The highest BCUT2D eigenvalue weighted by molar-refractivity contribution is 6.31. The Morgan fingerprint density at radius 2 is 1.97 bits per heavy atom. The second-order valence-electron chi connectivity index (χ2n) is 7.91. The number of anilines is 2. The number of fused-ring (bicyclic) bond motifs is 1. The molecular formula is C24H23ClFN5O. The van der Waals surface area contributed by atoms with E-state index in [1.165, 1.54) is 0 Å². The van der Waals surface area contributed by atoms with Crippen molar-refractivity contribution >= 4 is 34.3 Å². The van der Waals surface area contributed by atoms with Gasteiger partial charge in [0, 0.05) is 59.4 Å². The molecular weight excluding hydrogens is 429 g/mol. The first kappa shape index (κ1) is 20.9. The van der Waals surface area contributed by atoms with E-state index in [-0.39, 0.29) is 5.82 Å². The third-order valence-corrected chi connectivity index (χ3v) is 6.07. The van der Waals surface area contributed by atoms with Gasteiger partial charge in [-0.1, -0.05) is 23.7 Å². The van der Waals surface area contributed by atoms with Crippen LogP contribution in [0.4, 0.5) is 16.0 Å². The number of ether oxygens (including phenoxy) is 1. The van der Waals surface area contributed by atoms with E-state index in [4.69, 9.17) is 16.3 Å². The quantitative estimate of drug-likeness (QED) is 0.457. The van der Waals surface area contributed by atoms with Crippen LogP contribution in [0.2, 0.25) is 5.02 Å². The van der Waals surface area contributed by atoms with Crippen molar-refractivity contribution in [2.24, 2.45) is 0 Å². The van der Waals surface area contributed by atoms with Gasteiger partial charge >= 0.3 is 0 Å². The van der Waals surface area contributed by atoms with E-state index in [1.54, 1.807) is 12.3 Å². The fourth-order valence-corrected chi connectivity index (χ4v) is 3.98. The number of aryl methyl sites for hydroxylation is 1. The van der Waals surface area contributed by atoms with Gasteiger partial charge in [-0.25, -0.2) is 9.37 Å². The van der Waals surface area contributed by atoms with Crippen LogP contribution < -0.4 is 5.32 Å². The zero-order valence-corrected chi connectivity index (χ0v) is 18.4. The molecule has 1 saturated heterocycles. The van der Waals surface area contributed by atoms with Crippen LogP contribution in [0.15, 0.2) is 54.9 Å². The lowest BCUT2D eigenvalue weighted by molar-refractivity contribution is 0.0337. The van der Waals surface area contributed by atoms with Gasteiger partial charge in [0.05, 0.1) is 13.2 Å². The summed E-state index contributed by atoms with van der Waals surface area (Å²) in [6.07, 6.45) is 3.63. The minimum atomic E-state index is -0.224. The minimum Gasteiger partial charge on any atom is -0.379 e. The Kier molecular flexibility index (Phi) is 5.78. The van der Waals surface area contributed by atoms with Crippen molar-refractivity contribution < 1.29 is 9.13 Å². The average Bonchev–Trinajstić information content (AvgIpc) is 3.22. The van der Waals surface area contributed by atoms with Crippen molar-refractivity contribution in [2.45, 2.75) is 13.5 Å². The van der Waals surface area contributed by atoms with Crippen molar-refractivity contribution in [1.82, 2.24) is 19.4 Å². The van der Waals surface area contributed by atoms with Gasteiger partial charge in [-0.3, -0.25) is 4.90 Å². The van der Waals surface area contributed by atoms with Gasteiger partial charge in [0.2, 0.25) is 5.95 Å². The van der Waals surface area contributed by atoms with Crippen LogP contribution >= 0.6 is 11.6 Å². The number of hydrogen-bond donors (Lipinski definition) is 1. The Hall–Kier alpha value is -3.00. The molecule has 1 aliphatic rings. The number of hydrogen-bond acceptors (Lipinski definition) is 5. The first-order valence-electron chi connectivity index (χ1n) is 10.5. The highest BCUT2D eigenvalue weighted by atomic mass is 35.5. The van der Waals surface area contributed by atoms with E-state index in [9.17, 15) is 4.39 Å². The van der Waals surface area contributed by atoms with Crippen molar-refractivity contribution in [3.8, 4) is 5.69 Å². The molecule has 0 radical (unpaired) electrons. The average molecular weight is 452 g/mol. The molecule has 164 valence electrons. The van der Waals surface area contributed by atoms with Crippen LogP contribution in [0.5, 0.6) is 0 Å². The van der Waals surface area contributed by atoms with Crippen LogP contribution in [0.3, 0.4) is 0 Å². The Balaban J connectivity index is 1.41. The van der Waals surface area contributed by atoms with Crippen molar-refractivity contribution in [3.05, 3.63) is 76.8 Å². The number of nitrogens with one attached hydrogen (secondary N) is 1. The fraction of sp³-hybridized carbons (Fsp3) is 0.250. The maximum atomic E-state index is 14.9. The van der Waals surface area contributed by atoms with Crippen molar-refractivity contribution in [3.63, 3.8) is 0 Å². The van der Waals surface area contributed by atoms with Gasteiger partial charge in [-0.15, -0.1) is 0 Å². The molecule has 5 rings (SSSR count). The second-order valence-corrected chi connectivity index (χ2v) is 8.32. The maximum Gasteiger partial charge on any atom is 0.229 e. The standard InChI is InChI=1S/C24H23ClFN5O/c1-16-2-4-19(12-21(16)25)28-24-27-14-17-6-7-31(23(17)29-24)20-5-3-18(22(26)13-20)15-30-8-10-32-11-9-30/h2-7,12-14H,8-11,15H2,1H3,(H,27,28,29). The van der Waals surface area contributed by atoms with Gasteiger partial charge in [-0.05, 0) is 42.8 Å². The Morgan fingerprint density at radius 1 is 1.12 bits per heavy atom. The molecule has 0 saturated carbocycles. The smallest absolute Gasteiger partial charge is 0.229 e. The second kappa shape index (κ2) is 8.86. The summed E-state index contributed by atoms with van der Waals surface area (Å²) in [5.74, 6) is 0.222. The first-order valence-corrected chi connectivity index (χ1v) is 10.9. The summed E-state index contributed by atoms with van der Waals surface area (Å²) in [5, 5.41) is 4.73. The van der Waals surface area contributed by atoms with Crippen LogP contribution in [0, 0.1) is 12.7 Å². The van der Waals surface area contributed by atoms with Gasteiger partial charge in [0.25, 0.3) is 0 Å². The topological polar surface area (TPSA) is 55.2 Å². The van der Waals surface area contributed by atoms with Crippen molar-refractivity contribution in [1.29, 1.82) is 0 Å². The highest BCUT2D eigenvalue weighted by Gasteiger charge is 2.15. The van der Waals surface area contributed by atoms with Gasteiger partial charge in [0.1, 0.15) is 11.5 Å². The monoisotopic (exact) mass is 451 g/mol. The Labute approximate surface area is 190 Å². The molecule has 0 aliphatic carbocycles. The van der Waals surface area contributed by atoms with E-state index in [0.29, 0.717) is 47.6 Å². The van der Waals surface area contributed by atoms with Crippen molar-refractivity contribution in [2.75, 3.05) is 31.6 Å². The number of aromatic nitrogens is 3. The molecule has 4 aromatic rings. The lowest BCUT2D eigenvalue weighted by atomic mass is 10.1. The molecule has 0 atom stereocenters. The van der Waals surface area contributed by atoms with E-state index in [1.807, 2.05) is 54.1 Å². The molecule has 1 aliphatic heterocycles. The zero-order valence-electron chi connectivity index (χ0n) is 17.7. The lowest BCUT2D eigenvalue weighted by Crippen LogP contribution is -2.35. The summed E-state index contributed by atoms with van der Waals surface area (Å²) in [6.45, 7) is 5.56. The van der Waals surface area contributed by atoms with Crippen LogP contribution in [0.1, 0.15) is 11.1 Å². The molecule has 2 aromatic carbocycles. The largest absolute Gasteiger partial charge is 0.379 e. The number of benzene rings is 2. The number of halogens is 2. The molecule has 0 unspecified atom stereocenters. The Morgan fingerprint density at radius 3 is 2.75 bits per heavy atom. The third-order valence-electron chi connectivity index (χ3n) is 5.67. The Bertz CT molecular complexity index is 1270. The molecule has 32 heavy (non-hydrogen) atoms. The van der Waals surface area contributed by atoms with E-state index in [2.05, 4.69) is 20.2 Å². The maximum absolute atomic E-state index is 14.9. The molecule has 1 N–H and O–H groups in total. The summed E-state index contributed by atoms with van der Waals surface area (Å²) in [4.78, 5) is 11.3. The van der Waals surface area contributed by atoms with Crippen LogP contribution in [0.25, 0.3) is 16.7 Å². The number of rotatable bonds is 5. The number of morpholine rings is 1. The molecule has 2 aromatic heterocycles. The summed E-state index contributed by atoms with van der Waals surface area (Å²) < 4.78 is 22.1. The summed E-state index contributed by atoms with van der Waals surface area (Å²) in [5.41, 5.74) is 3.89. The fourth-order valence-electron chi connectivity index (χ4n) is 3.80. The minimum absolute atomic E-state index is 0.224. The van der Waals surface area contributed by atoms with Gasteiger partial charge in [0.15, 0.2) is 0 Å². The van der Waals surface area contributed by atoms with E-state index < -0.39 is 0 Å². The molecule has 0 amide bonds. The molecule has 1 fully saturated rings. The predicted octanol–water partition coefficient (Wildman–Crippen LogP) is 5.10. The normalized spacial score (nSPS) is 14.7. The predicted molar refractivity (Wildman–Crippen MR) is 124 cm³/mol. The van der Waals surface area contributed by atoms with Crippen LogP contribution in [-0.4, -0.2) is 45.7 Å². The SMILES string of the molecule is Cc1ccc(Nc2ncc3ccn(-c4ccc(CN5CCOCC5)c(F)c4)c3n2)cc1Cl. The molecule has 8 heteroatoms. The van der Waals surface area contributed by atoms with Gasteiger partial charge in [-0.2, -0.15) is 4.98 Å². The third kappa shape index (κ3) is 4.32. The van der Waals surface area contributed by atoms with Gasteiger partial charge < -0.3 is 14.6 Å². The molecule has 0 spiro atoms. The molecule has 3 heterocycles. The summed E-state index contributed by atoms with van der Waals surface area (Å²) in [6, 6.07) is 13.0. The highest BCUT2D eigenvalue weighted by Crippen LogP contribution is 2.25. The number of nitrogens with zero attached hydrogens (tertiary/aromatic N) is 4. The zero-order chi connectivity index (χ0) is 22.1. The van der Waals surface area contributed by atoms with E-state index >= 15 is 0 Å². The first-order chi connectivity index (χ1) is 15.6. The summed E-state index contributed by atoms with van der Waals surface area (Å²) in [7, 11) is 0. The summed E-state index contributed by atoms with van der Waals surface area (Å²) >= 11 is 6.22.